The van der Waals surface area contributed by atoms with Gasteiger partial charge in [-0.05, 0) is 56.3 Å². The Hall–Kier alpha value is -2.99. The Morgan fingerprint density at radius 1 is 1.12 bits per heavy atom. The largest absolute Gasteiger partial charge is 0.321 e. The second kappa shape index (κ2) is 6.86. The number of halogens is 1. The molecule has 1 aromatic heterocycles. The number of aromatic nitrogens is 3. The molecule has 0 aliphatic carbocycles. The Kier molecular flexibility index (Phi) is 4.63. The second-order valence-corrected chi connectivity index (χ2v) is 5.94. The van der Waals surface area contributed by atoms with Crippen molar-refractivity contribution in [3.05, 3.63) is 70.5 Å². The van der Waals surface area contributed by atoms with E-state index < -0.39 is 0 Å². The molecule has 25 heavy (non-hydrogen) atoms. The lowest BCUT2D eigenvalue weighted by atomic mass is 10.1. The number of hydrogen-bond donors (Lipinski definition) is 1. The van der Waals surface area contributed by atoms with E-state index >= 15 is 0 Å². The lowest BCUT2D eigenvalue weighted by Gasteiger charge is -2.06. The summed E-state index contributed by atoms with van der Waals surface area (Å²) in [7, 11) is 0. The fourth-order valence-electron chi connectivity index (χ4n) is 2.37. The Labute approximate surface area is 149 Å². The number of ketones is 1. The van der Waals surface area contributed by atoms with Crippen molar-refractivity contribution in [3.8, 4) is 5.69 Å². The van der Waals surface area contributed by atoms with Crippen LogP contribution in [0.1, 0.15) is 33.5 Å². The lowest BCUT2D eigenvalue weighted by molar-refractivity contribution is 0.101. The number of carbonyl (C=O) groups is 2. The third kappa shape index (κ3) is 3.59. The van der Waals surface area contributed by atoms with Gasteiger partial charge in [0.25, 0.3) is 5.91 Å². The maximum absolute atomic E-state index is 12.4. The summed E-state index contributed by atoms with van der Waals surface area (Å²) in [5.41, 5.74) is 2.70. The molecule has 0 fully saturated rings. The summed E-state index contributed by atoms with van der Waals surface area (Å²) in [4.78, 5) is 23.7. The van der Waals surface area contributed by atoms with Crippen LogP contribution in [0.5, 0.6) is 0 Å². The molecule has 7 heteroatoms. The second-order valence-electron chi connectivity index (χ2n) is 5.50. The van der Waals surface area contributed by atoms with E-state index in [-0.39, 0.29) is 17.4 Å². The highest BCUT2D eigenvalue weighted by atomic mass is 35.5. The number of rotatable bonds is 4. The minimum atomic E-state index is -0.374. The van der Waals surface area contributed by atoms with Gasteiger partial charge in [-0.3, -0.25) is 9.59 Å². The van der Waals surface area contributed by atoms with E-state index in [4.69, 9.17) is 11.6 Å². The Morgan fingerprint density at radius 3 is 2.48 bits per heavy atom. The molecule has 126 valence electrons. The third-order valence-corrected chi connectivity index (χ3v) is 3.95. The van der Waals surface area contributed by atoms with Crippen molar-refractivity contribution in [3.63, 3.8) is 0 Å². The minimum absolute atomic E-state index is 0.0295. The van der Waals surface area contributed by atoms with E-state index in [9.17, 15) is 9.59 Å². The Balaban J connectivity index is 1.82. The first kappa shape index (κ1) is 16.9. The molecule has 6 nitrogen and oxygen atoms in total. The van der Waals surface area contributed by atoms with Gasteiger partial charge in [-0.15, -0.1) is 5.10 Å². The van der Waals surface area contributed by atoms with Crippen molar-refractivity contribution in [1.82, 2.24) is 15.0 Å². The number of nitrogens with one attached hydrogen (secondary N) is 1. The van der Waals surface area contributed by atoms with Crippen LogP contribution in [-0.2, 0) is 0 Å². The zero-order valence-electron chi connectivity index (χ0n) is 13.7. The maximum atomic E-state index is 12.4. The number of anilines is 1. The monoisotopic (exact) mass is 354 g/mol. The van der Waals surface area contributed by atoms with Crippen LogP contribution < -0.4 is 5.32 Å². The van der Waals surface area contributed by atoms with E-state index in [1.54, 1.807) is 54.1 Å². The van der Waals surface area contributed by atoms with Crippen molar-refractivity contribution in [2.24, 2.45) is 0 Å². The molecule has 0 unspecified atom stereocenters. The molecular weight excluding hydrogens is 340 g/mol. The van der Waals surface area contributed by atoms with Crippen molar-refractivity contribution < 1.29 is 9.59 Å². The molecular formula is C18H15ClN4O2. The molecule has 0 saturated heterocycles. The summed E-state index contributed by atoms with van der Waals surface area (Å²) in [5.74, 6) is -0.403. The first-order valence-corrected chi connectivity index (χ1v) is 7.94. The van der Waals surface area contributed by atoms with E-state index in [2.05, 4.69) is 15.6 Å². The summed E-state index contributed by atoms with van der Waals surface area (Å²) < 4.78 is 1.56. The predicted molar refractivity (Wildman–Crippen MR) is 95.5 cm³/mol. The van der Waals surface area contributed by atoms with Crippen LogP contribution in [0.4, 0.5) is 5.69 Å². The van der Waals surface area contributed by atoms with Gasteiger partial charge in [0.2, 0.25) is 0 Å². The molecule has 0 aliphatic heterocycles. The summed E-state index contributed by atoms with van der Waals surface area (Å²) in [6.07, 6.45) is 0. The fourth-order valence-corrected chi connectivity index (χ4v) is 2.56. The molecule has 1 N–H and O–H groups in total. The molecule has 1 heterocycles. The van der Waals surface area contributed by atoms with Gasteiger partial charge in [-0.1, -0.05) is 22.9 Å². The summed E-state index contributed by atoms with van der Waals surface area (Å²) in [6, 6.07) is 13.8. The van der Waals surface area contributed by atoms with E-state index in [1.807, 2.05) is 6.07 Å². The molecule has 0 saturated carbocycles. The lowest BCUT2D eigenvalue weighted by Crippen LogP contribution is -2.14. The highest BCUT2D eigenvalue weighted by molar-refractivity contribution is 6.30. The zero-order chi connectivity index (χ0) is 18.0. The van der Waals surface area contributed by atoms with Gasteiger partial charge < -0.3 is 5.32 Å². The van der Waals surface area contributed by atoms with Crippen molar-refractivity contribution in [2.45, 2.75) is 13.8 Å². The van der Waals surface area contributed by atoms with E-state index in [0.29, 0.717) is 22.0 Å². The molecule has 0 radical (unpaired) electrons. The van der Waals surface area contributed by atoms with E-state index in [1.165, 1.54) is 6.92 Å². The Morgan fingerprint density at radius 2 is 1.84 bits per heavy atom. The number of Topliss-reactive ketones (excluding diaryl/α,β-unsaturated/α-hetero) is 1. The highest BCUT2D eigenvalue weighted by Gasteiger charge is 2.17. The molecule has 0 atom stereocenters. The van der Waals surface area contributed by atoms with Gasteiger partial charge in [0.15, 0.2) is 11.5 Å². The van der Waals surface area contributed by atoms with Crippen LogP contribution in [0.25, 0.3) is 5.69 Å². The number of nitrogens with zero attached hydrogens (tertiary/aromatic N) is 3. The molecule has 1 amide bonds. The molecule has 0 spiro atoms. The number of benzene rings is 2. The molecule has 3 rings (SSSR count). The molecule has 3 aromatic rings. The van der Waals surface area contributed by atoms with Gasteiger partial charge in [-0.25, -0.2) is 4.68 Å². The van der Waals surface area contributed by atoms with Gasteiger partial charge >= 0.3 is 0 Å². The number of hydrogen-bond acceptors (Lipinski definition) is 4. The van der Waals surface area contributed by atoms with Crippen molar-refractivity contribution >= 4 is 29.0 Å². The van der Waals surface area contributed by atoms with Crippen LogP contribution in [0.15, 0.2) is 48.5 Å². The van der Waals surface area contributed by atoms with Gasteiger partial charge in [0.1, 0.15) is 0 Å². The smallest absolute Gasteiger partial charge is 0.278 e. The van der Waals surface area contributed by atoms with Crippen molar-refractivity contribution in [2.75, 3.05) is 5.32 Å². The standard InChI is InChI=1S/C18H15ClN4O2/c1-11-17(21-22-23(11)16-5-3-4-14(19)10-16)18(25)20-15-8-6-13(7-9-15)12(2)24/h3-10H,1-2H3,(H,20,25). The zero-order valence-corrected chi connectivity index (χ0v) is 14.4. The van der Waals surface area contributed by atoms with Gasteiger partial charge in [-0.2, -0.15) is 0 Å². The average molecular weight is 355 g/mol. The van der Waals surface area contributed by atoms with E-state index in [0.717, 1.165) is 5.69 Å². The average Bonchev–Trinajstić information content (AvgIpc) is 2.97. The normalized spacial score (nSPS) is 10.5. The van der Waals surface area contributed by atoms with Crippen LogP contribution in [0, 0.1) is 6.92 Å². The van der Waals surface area contributed by atoms with Crippen molar-refractivity contribution in [1.29, 1.82) is 0 Å². The van der Waals surface area contributed by atoms with Crippen LogP contribution in [-0.4, -0.2) is 26.7 Å². The van der Waals surface area contributed by atoms with Crippen LogP contribution >= 0.6 is 11.6 Å². The number of amides is 1. The first-order valence-electron chi connectivity index (χ1n) is 7.56. The molecule has 0 aliphatic rings. The summed E-state index contributed by atoms with van der Waals surface area (Å²) >= 11 is 5.99. The topological polar surface area (TPSA) is 76.9 Å². The minimum Gasteiger partial charge on any atom is -0.321 e. The number of carbonyl (C=O) groups excluding carboxylic acids is 2. The third-order valence-electron chi connectivity index (χ3n) is 3.71. The maximum Gasteiger partial charge on any atom is 0.278 e. The van der Waals surface area contributed by atoms with Gasteiger partial charge in [0, 0.05) is 16.3 Å². The highest BCUT2D eigenvalue weighted by Crippen LogP contribution is 2.18. The predicted octanol–water partition coefficient (Wildman–Crippen LogP) is 3.68. The summed E-state index contributed by atoms with van der Waals surface area (Å²) in [6.45, 7) is 3.25. The van der Waals surface area contributed by atoms with Crippen LogP contribution in [0.3, 0.4) is 0 Å². The summed E-state index contributed by atoms with van der Waals surface area (Å²) in [5, 5.41) is 11.3. The quantitative estimate of drug-likeness (QED) is 0.725. The Bertz CT molecular complexity index is 948. The fraction of sp³-hybridized carbons (Fsp3) is 0.111. The van der Waals surface area contributed by atoms with Crippen LogP contribution in [0.2, 0.25) is 5.02 Å². The van der Waals surface area contributed by atoms with Gasteiger partial charge in [0.05, 0.1) is 11.4 Å². The SMILES string of the molecule is CC(=O)c1ccc(NC(=O)c2nnn(-c3cccc(Cl)c3)c2C)cc1. The first-order chi connectivity index (χ1) is 12.0. The molecule has 2 aromatic carbocycles. The molecule has 0 bridgehead atoms.